The van der Waals surface area contributed by atoms with Crippen molar-refractivity contribution >= 4 is 11.8 Å². The fourth-order valence-corrected chi connectivity index (χ4v) is 3.78. The molecule has 2 aromatic rings. The van der Waals surface area contributed by atoms with Gasteiger partial charge in [-0.15, -0.1) is 0 Å². The van der Waals surface area contributed by atoms with E-state index >= 15 is 0 Å². The quantitative estimate of drug-likeness (QED) is 0.782. The summed E-state index contributed by atoms with van der Waals surface area (Å²) in [7, 11) is 1.63. The van der Waals surface area contributed by atoms with Gasteiger partial charge >= 0.3 is 0 Å². The Kier molecular flexibility index (Phi) is 6.86. The molecular formula is C23H29N3O3. The van der Waals surface area contributed by atoms with Crippen molar-refractivity contribution in [2.45, 2.75) is 32.7 Å². The van der Waals surface area contributed by atoms with Crippen LogP contribution in [-0.2, 0) is 16.1 Å². The minimum absolute atomic E-state index is 0.0403. The van der Waals surface area contributed by atoms with Gasteiger partial charge in [-0.2, -0.15) is 0 Å². The normalized spacial score (nSPS) is 18.7. The molecule has 0 radical (unpaired) electrons. The van der Waals surface area contributed by atoms with Crippen LogP contribution in [-0.4, -0.2) is 41.9 Å². The number of likely N-dealkylation sites (tertiary alicyclic amines) is 1. The molecule has 1 aromatic heterocycles. The summed E-state index contributed by atoms with van der Waals surface area (Å²) in [5.74, 6) is 0.752. The van der Waals surface area contributed by atoms with Crippen LogP contribution in [0.2, 0.25) is 0 Å². The Morgan fingerprint density at radius 3 is 2.76 bits per heavy atom. The number of aromatic nitrogens is 1. The fourth-order valence-electron chi connectivity index (χ4n) is 3.78. The second-order valence-corrected chi connectivity index (χ2v) is 7.97. The average Bonchev–Trinajstić information content (AvgIpc) is 3.18. The number of methoxy groups -OCH3 is 1. The number of hydrogen-bond acceptors (Lipinski definition) is 4. The number of pyridine rings is 1. The molecule has 1 N–H and O–H groups in total. The standard InChI is InChI=1S/C23H29N3O3/c1-16(2)10-22(27)26-14-20(18-7-4-8-19(11-18)29-3)21(15-26)23(28)25-13-17-6-5-9-24-12-17/h4-9,11-12,16,20-21H,10,13-15H2,1-3H3,(H,25,28). The summed E-state index contributed by atoms with van der Waals surface area (Å²) < 4.78 is 5.35. The number of benzene rings is 1. The zero-order valence-corrected chi connectivity index (χ0v) is 17.3. The first kappa shape index (κ1) is 20.8. The highest BCUT2D eigenvalue weighted by atomic mass is 16.5. The molecule has 2 atom stereocenters. The molecule has 2 unspecified atom stereocenters. The third-order valence-corrected chi connectivity index (χ3v) is 5.30. The molecule has 0 bridgehead atoms. The number of hydrogen-bond donors (Lipinski definition) is 1. The third-order valence-electron chi connectivity index (χ3n) is 5.30. The summed E-state index contributed by atoms with van der Waals surface area (Å²) in [5.41, 5.74) is 1.97. The van der Waals surface area contributed by atoms with Crippen molar-refractivity contribution in [3.63, 3.8) is 0 Å². The molecule has 2 heterocycles. The number of rotatable bonds is 7. The van der Waals surface area contributed by atoms with E-state index < -0.39 is 0 Å². The molecular weight excluding hydrogens is 366 g/mol. The monoisotopic (exact) mass is 395 g/mol. The van der Waals surface area contributed by atoms with E-state index in [4.69, 9.17) is 4.74 Å². The number of nitrogens with one attached hydrogen (secondary N) is 1. The Morgan fingerprint density at radius 1 is 1.24 bits per heavy atom. The third kappa shape index (κ3) is 5.34. The predicted molar refractivity (Wildman–Crippen MR) is 111 cm³/mol. The van der Waals surface area contributed by atoms with Crippen molar-refractivity contribution in [3.05, 3.63) is 59.9 Å². The molecule has 1 aliphatic heterocycles. The van der Waals surface area contributed by atoms with Gasteiger partial charge in [-0.1, -0.05) is 32.0 Å². The lowest BCUT2D eigenvalue weighted by Gasteiger charge is -2.18. The van der Waals surface area contributed by atoms with Crippen LogP contribution in [0.15, 0.2) is 48.8 Å². The van der Waals surface area contributed by atoms with Gasteiger partial charge in [0.2, 0.25) is 11.8 Å². The molecule has 1 aromatic carbocycles. The summed E-state index contributed by atoms with van der Waals surface area (Å²) in [6.07, 6.45) is 3.95. The first-order chi connectivity index (χ1) is 14.0. The van der Waals surface area contributed by atoms with Gasteiger partial charge < -0.3 is 15.0 Å². The lowest BCUT2D eigenvalue weighted by molar-refractivity contribution is -0.131. The summed E-state index contributed by atoms with van der Waals surface area (Å²) in [6, 6.07) is 11.6. The van der Waals surface area contributed by atoms with Gasteiger partial charge in [0.1, 0.15) is 5.75 Å². The van der Waals surface area contributed by atoms with Gasteiger partial charge in [-0.05, 0) is 35.2 Å². The predicted octanol–water partition coefficient (Wildman–Crippen LogP) is 2.99. The van der Waals surface area contributed by atoms with Crippen molar-refractivity contribution < 1.29 is 14.3 Å². The maximum absolute atomic E-state index is 13.0. The number of carbonyl (C=O) groups is 2. The second kappa shape index (κ2) is 9.54. The van der Waals surface area contributed by atoms with E-state index in [2.05, 4.69) is 10.3 Å². The summed E-state index contributed by atoms with van der Waals surface area (Å²) in [5, 5.41) is 3.02. The highest BCUT2D eigenvalue weighted by molar-refractivity contribution is 5.83. The number of amides is 2. The molecule has 0 saturated carbocycles. The lowest BCUT2D eigenvalue weighted by atomic mass is 9.88. The smallest absolute Gasteiger partial charge is 0.225 e. The van der Waals surface area contributed by atoms with Crippen molar-refractivity contribution in [1.82, 2.24) is 15.2 Å². The largest absolute Gasteiger partial charge is 0.497 e. The Balaban J connectivity index is 1.77. The van der Waals surface area contributed by atoms with Crippen molar-refractivity contribution in [1.29, 1.82) is 0 Å². The van der Waals surface area contributed by atoms with E-state index in [0.717, 1.165) is 16.9 Å². The molecule has 3 rings (SSSR count). The molecule has 6 heteroatoms. The van der Waals surface area contributed by atoms with E-state index in [9.17, 15) is 9.59 Å². The maximum atomic E-state index is 13.0. The lowest BCUT2D eigenvalue weighted by Crippen LogP contribution is -2.35. The van der Waals surface area contributed by atoms with Crippen molar-refractivity contribution in [2.24, 2.45) is 11.8 Å². The molecule has 1 aliphatic rings. The fraction of sp³-hybridized carbons (Fsp3) is 0.435. The maximum Gasteiger partial charge on any atom is 0.225 e. The van der Waals surface area contributed by atoms with Gasteiger partial charge in [0.05, 0.1) is 13.0 Å². The van der Waals surface area contributed by atoms with Crippen molar-refractivity contribution in [3.8, 4) is 5.75 Å². The van der Waals surface area contributed by atoms with E-state index in [1.807, 2.05) is 55.1 Å². The first-order valence-corrected chi connectivity index (χ1v) is 10.1. The summed E-state index contributed by atoms with van der Waals surface area (Å²) in [4.78, 5) is 31.6. The van der Waals surface area contributed by atoms with Gasteiger partial charge in [-0.3, -0.25) is 14.6 Å². The van der Waals surface area contributed by atoms with Crippen LogP contribution in [0.1, 0.15) is 37.3 Å². The van der Waals surface area contributed by atoms with Crippen LogP contribution >= 0.6 is 0 Å². The molecule has 2 amide bonds. The molecule has 1 fully saturated rings. The van der Waals surface area contributed by atoms with E-state index in [-0.39, 0.29) is 29.6 Å². The van der Waals surface area contributed by atoms with Crippen LogP contribution in [0.4, 0.5) is 0 Å². The van der Waals surface area contributed by atoms with Crippen LogP contribution in [0.5, 0.6) is 5.75 Å². The SMILES string of the molecule is COc1cccc(C2CN(C(=O)CC(C)C)CC2C(=O)NCc2cccnc2)c1. The molecule has 0 aliphatic carbocycles. The zero-order valence-electron chi connectivity index (χ0n) is 17.3. The van der Waals surface area contributed by atoms with Crippen LogP contribution in [0.25, 0.3) is 0 Å². The topological polar surface area (TPSA) is 71.5 Å². The number of carbonyl (C=O) groups excluding carboxylic acids is 2. The minimum Gasteiger partial charge on any atom is -0.497 e. The minimum atomic E-state index is -0.296. The highest BCUT2D eigenvalue weighted by Gasteiger charge is 2.40. The Morgan fingerprint density at radius 2 is 2.07 bits per heavy atom. The van der Waals surface area contributed by atoms with E-state index in [0.29, 0.717) is 26.1 Å². The Bertz CT molecular complexity index is 838. The van der Waals surface area contributed by atoms with E-state index in [1.165, 1.54) is 0 Å². The Labute approximate surface area is 172 Å². The molecule has 1 saturated heterocycles. The Hall–Kier alpha value is -2.89. The summed E-state index contributed by atoms with van der Waals surface area (Å²) >= 11 is 0. The second-order valence-electron chi connectivity index (χ2n) is 7.97. The van der Waals surface area contributed by atoms with Crippen LogP contribution in [0, 0.1) is 11.8 Å². The van der Waals surface area contributed by atoms with Crippen LogP contribution < -0.4 is 10.1 Å². The van der Waals surface area contributed by atoms with E-state index in [1.54, 1.807) is 19.5 Å². The number of ether oxygens (including phenoxy) is 1. The van der Waals surface area contributed by atoms with Gasteiger partial charge in [-0.25, -0.2) is 0 Å². The van der Waals surface area contributed by atoms with Gasteiger partial charge in [0, 0.05) is 44.4 Å². The van der Waals surface area contributed by atoms with Crippen molar-refractivity contribution in [2.75, 3.05) is 20.2 Å². The zero-order chi connectivity index (χ0) is 20.8. The first-order valence-electron chi connectivity index (χ1n) is 10.1. The van der Waals surface area contributed by atoms with Gasteiger partial charge in [0.15, 0.2) is 0 Å². The van der Waals surface area contributed by atoms with Gasteiger partial charge in [0.25, 0.3) is 0 Å². The molecule has 29 heavy (non-hydrogen) atoms. The number of nitrogens with zero attached hydrogens (tertiary/aromatic N) is 2. The molecule has 154 valence electrons. The summed E-state index contributed by atoms with van der Waals surface area (Å²) in [6.45, 7) is 5.47. The molecule has 6 nitrogen and oxygen atoms in total. The molecule has 0 spiro atoms. The average molecular weight is 396 g/mol. The highest BCUT2D eigenvalue weighted by Crippen LogP contribution is 2.35. The van der Waals surface area contributed by atoms with Crippen LogP contribution in [0.3, 0.4) is 0 Å².